The monoisotopic (exact) mass is 438 g/mol. The number of amides is 1. The van der Waals surface area contributed by atoms with Gasteiger partial charge in [-0.15, -0.1) is 36.2 Å². The van der Waals surface area contributed by atoms with Crippen LogP contribution in [0.4, 0.5) is 0 Å². The molecule has 3 rings (SSSR count). The van der Waals surface area contributed by atoms with Crippen LogP contribution in [0.2, 0.25) is 0 Å². The van der Waals surface area contributed by atoms with Gasteiger partial charge in [-0.05, 0) is 24.1 Å². The maximum absolute atomic E-state index is 12.0. The fraction of sp³-hybridized carbons (Fsp3) is 0.250. The lowest BCUT2D eigenvalue weighted by Crippen LogP contribution is -2.28. The number of carbonyl (C=O) groups excluding carboxylic acids is 1. The minimum absolute atomic E-state index is 0. The summed E-state index contributed by atoms with van der Waals surface area (Å²) in [6, 6.07) is 13.3. The molecule has 0 radical (unpaired) electrons. The van der Waals surface area contributed by atoms with Gasteiger partial charge in [-0.3, -0.25) is 9.78 Å². The molecule has 0 aliphatic carbocycles. The van der Waals surface area contributed by atoms with Crippen LogP contribution < -0.4 is 11.1 Å². The third-order valence-electron chi connectivity index (χ3n) is 4.05. The van der Waals surface area contributed by atoms with Crippen molar-refractivity contribution in [1.82, 2.24) is 15.3 Å². The number of benzene rings is 1. The van der Waals surface area contributed by atoms with Gasteiger partial charge in [-0.25, -0.2) is 4.98 Å². The molecule has 28 heavy (non-hydrogen) atoms. The van der Waals surface area contributed by atoms with Crippen molar-refractivity contribution in [1.29, 1.82) is 0 Å². The summed E-state index contributed by atoms with van der Waals surface area (Å²) < 4.78 is 0. The Labute approximate surface area is 181 Å². The number of carbonyl (C=O) groups is 1. The van der Waals surface area contributed by atoms with Gasteiger partial charge in [-0.2, -0.15) is 0 Å². The molecule has 0 aliphatic rings. The Kier molecular flexibility index (Phi) is 10.7. The molecule has 5 nitrogen and oxygen atoms in total. The summed E-state index contributed by atoms with van der Waals surface area (Å²) in [7, 11) is 0. The maximum atomic E-state index is 12.0. The number of nitrogens with one attached hydrogen (secondary N) is 1. The highest BCUT2D eigenvalue weighted by molar-refractivity contribution is 7.09. The lowest BCUT2D eigenvalue weighted by Gasteiger charge is -2.11. The Balaban J connectivity index is 0.00000196. The molecule has 0 fully saturated rings. The Morgan fingerprint density at radius 1 is 1.11 bits per heavy atom. The van der Waals surface area contributed by atoms with Crippen molar-refractivity contribution >= 4 is 42.1 Å². The second-order valence-electron chi connectivity index (χ2n) is 6.04. The average Bonchev–Trinajstić information content (AvgIpc) is 3.15. The number of rotatable bonds is 8. The highest BCUT2D eigenvalue weighted by Crippen LogP contribution is 2.21. The van der Waals surface area contributed by atoms with E-state index < -0.39 is 0 Å². The standard InChI is InChI=1S/C20H22N4OS.2ClH/c21-17(15-5-2-1-3-6-15)13-19(25)23-10-4-7-20-24-18(14-26-20)16-8-11-22-12-9-16;;/h1-3,5-6,8-9,11-12,14,17H,4,7,10,13,21H2,(H,23,25);2*1H. The van der Waals surface area contributed by atoms with E-state index in [9.17, 15) is 4.79 Å². The van der Waals surface area contributed by atoms with E-state index >= 15 is 0 Å². The summed E-state index contributed by atoms with van der Waals surface area (Å²) in [5.74, 6) is -0.0158. The van der Waals surface area contributed by atoms with E-state index in [1.807, 2.05) is 42.5 Å². The van der Waals surface area contributed by atoms with Crippen molar-refractivity contribution in [3.8, 4) is 11.3 Å². The van der Waals surface area contributed by atoms with Crippen molar-refractivity contribution in [2.45, 2.75) is 25.3 Å². The smallest absolute Gasteiger partial charge is 0.221 e. The summed E-state index contributed by atoms with van der Waals surface area (Å²) in [6.45, 7) is 0.629. The van der Waals surface area contributed by atoms with Crippen molar-refractivity contribution in [3.05, 3.63) is 70.8 Å². The van der Waals surface area contributed by atoms with E-state index in [1.54, 1.807) is 23.7 Å². The highest BCUT2D eigenvalue weighted by Gasteiger charge is 2.11. The molecule has 8 heteroatoms. The van der Waals surface area contributed by atoms with Crippen molar-refractivity contribution in [2.75, 3.05) is 6.54 Å². The number of pyridine rings is 1. The molecule has 150 valence electrons. The summed E-state index contributed by atoms with van der Waals surface area (Å²) in [5, 5.41) is 6.08. The van der Waals surface area contributed by atoms with Crippen LogP contribution in [0.3, 0.4) is 0 Å². The van der Waals surface area contributed by atoms with Crippen LogP contribution >= 0.6 is 36.2 Å². The number of halogens is 2. The van der Waals surface area contributed by atoms with Crippen molar-refractivity contribution in [2.24, 2.45) is 5.73 Å². The highest BCUT2D eigenvalue weighted by atomic mass is 35.5. The van der Waals surface area contributed by atoms with Gasteiger partial charge in [-0.1, -0.05) is 30.3 Å². The zero-order valence-electron chi connectivity index (χ0n) is 15.3. The lowest BCUT2D eigenvalue weighted by molar-refractivity contribution is -0.121. The fourth-order valence-electron chi connectivity index (χ4n) is 2.64. The number of aryl methyl sites for hydroxylation is 1. The molecule has 1 aromatic carbocycles. The molecule has 0 aliphatic heterocycles. The molecule has 3 aromatic rings. The largest absolute Gasteiger partial charge is 0.356 e. The van der Waals surface area contributed by atoms with Gasteiger partial charge in [0.2, 0.25) is 5.91 Å². The minimum atomic E-state index is -0.266. The normalized spacial score (nSPS) is 11.0. The van der Waals surface area contributed by atoms with Gasteiger partial charge in [0.25, 0.3) is 0 Å². The number of nitrogens with zero attached hydrogens (tertiary/aromatic N) is 2. The van der Waals surface area contributed by atoms with E-state index in [2.05, 4.69) is 20.7 Å². The van der Waals surface area contributed by atoms with Gasteiger partial charge in [0.1, 0.15) is 0 Å². The van der Waals surface area contributed by atoms with Crippen LogP contribution in [0, 0.1) is 0 Å². The van der Waals surface area contributed by atoms with E-state index in [0.29, 0.717) is 13.0 Å². The zero-order valence-corrected chi connectivity index (χ0v) is 17.7. The quantitative estimate of drug-likeness (QED) is 0.516. The molecule has 1 atom stereocenters. The van der Waals surface area contributed by atoms with Gasteiger partial charge < -0.3 is 11.1 Å². The summed E-state index contributed by atoms with van der Waals surface area (Å²) >= 11 is 1.65. The molecule has 0 saturated heterocycles. The van der Waals surface area contributed by atoms with E-state index in [0.717, 1.165) is 34.7 Å². The van der Waals surface area contributed by atoms with Crippen LogP contribution in [0.15, 0.2) is 60.2 Å². The molecule has 0 saturated carbocycles. The SMILES string of the molecule is Cl.Cl.NC(CC(=O)NCCCc1nc(-c2ccncc2)cs1)c1ccccc1. The first-order valence-corrected chi connectivity index (χ1v) is 9.52. The summed E-state index contributed by atoms with van der Waals surface area (Å²) in [4.78, 5) is 20.7. The first-order valence-electron chi connectivity index (χ1n) is 8.64. The minimum Gasteiger partial charge on any atom is -0.356 e. The molecule has 3 N–H and O–H groups in total. The topological polar surface area (TPSA) is 80.9 Å². The molecular formula is C20H24Cl2N4OS. The third kappa shape index (κ3) is 7.20. The number of hydrogen-bond acceptors (Lipinski definition) is 5. The number of aromatic nitrogens is 2. The zero-order chi connectivity index (χ0) is 18.2. The van der Waals surface area contributed by atoms with E-state index in [-0.39, 0.29) is 36.8 Å². The van der Waals surface area contributed by atoms with Crippen LogP contribution in [-0.4, -0.2) is 22.4 Å². The van der Waals surface area contributed by atoms with Crippen LogP contribution in [0.25, 0.3) is 11.3 Å². The van der Waals surface area contributed by atoms with E-state index in [4.69, 9.17) is 5.73 Å². The average molecular weight is 439 g/mol. The van der Waals surface area contributed by atoms with Gasteiger partial charge in [0.05, 0.1) is 10.7 Å². The predicted octanol–water partition coefficient (Wildman–Crippen LogP) is 4.19. The number of hydrogen-bond donors (Lipinski definition) is 2. The molecule has 0 spiro atoms. The summed E-state index contributed by atoms with van der Waals surface area (Å²) in [5.41, 5.74) is 9.11. The van der Waals surface area contributed by atoms with Crippen LogP contribution in [0.1, 0.15) is 29.5 Å². The van der Waals surface area contributed by atoms with Gasteiger partial charge in [0, 0.05) is 48.8 Å². The van der Waals surface area contributed by atoms with Crippen LogP contribution in [-0.2, 0) is 11.2 Å². The van der Waals surface area contributed by atoms with Crippen molar-refractivity contribution < 1.29 is 4.79 Å². The Morgan fingerprint density at radius 3 is 2.54 bits per heavy atom. The molecule has 1 unspecified atom stereocenters. The van der Waals surface area contributed by atoms with Crippen LogP contribution in [0.5, 0.6) is 0 Å². The fourth-order valence-corrected chi connectivity index (χ4v) is 3.49. The molecule has 0 bridgehead atoms. The second-order valence-corrected chi connectivity index (χ2v) is 6.98. The molecule has 2 heterocycles. The molecule has 2 aromatic heterocycles. The van der Waals surface area contributed by atoms with Gasteiger partial charge in [0.15, 0.2) is 0 Å². The summed E-state index contributed by atoms with van der Waals surface area (Å²) in [6.07, 6.45) is 5.54. The number of thiazole rings is 1. The van der Waals surface area contributed by atoms with E-state index in [1.165, 1.54) is 0 Å². The third-order valence-corrected chi connectivity index (χ3v) is 4.96. The first kappa shape index (κ1) is 24.0. The predicted molar refractivity (Wildman–Crippen MR) is 119 cm³/mol. The maximum Gasteiger partial charge on any atom is 0.221 e. The Morgan fingerprint density at radius 2 is 1.82 bits per heavy atom. The molecular weight excluding hydrogens is 415 g/mol. The second kappa shape index (κ2) is 12.5. The van der Waals surface area contributed by atoms with Gasteiger partial charge >= 0.3 is 0 Å². The Hall–Kier alpha value is -1.99. The first-order chi connectivity index (χ1) is 12.7. The Bertz CT molecular complexity index is 830. The number of nitrogens with two attached hydrogens (primary N) is 1. The lowest BCUT2D eigenvalue weighted by atomic mass is 10.0. The molecule has 1 amide bonds. The van der Waals surface area contributed by atoms with Crippen molar-refractivity contribution in [3.63, 3.8) is 0 Å².